The van der Waals surface area contributed by atoms with E-state index in [0.717, 1.165) is 29.3 Å². The minimum Gasteiger partial charge on any atom is -0.253 e. The summed E-state index contributed by atoms with van der Waals surface area (Å²) in [6.45, 7) is 2.78. The van der Waals surface area contributed by atoms with E-state index in [-0.39, 0.29) is 0 Å². The molecule has 0 bridgehead atoms. The number of hydrogen-bond acceptors (Lipinski definition) is 4. The third-order valence-corrected chi connectivity index (χ3v) is 3.98. The van der Waals surface area contributed by atoms with Gasteiger partial charge >= 0.3 is 0 Å². The lowest BCUT2D eigenvalue weighted by atomic mass is 10.2. The molecule has 0 fully saturated rings. The van der Waals surface area contributed by atoms with Crippen molar-refractivity contribution in [3.8, 4) is 17.1 Å². The highest BCUT2D eigenvalue weighted by Gasteiger charge is 2.13. The van der Waals surface area contributed by atoms with E-state index >= 15 is 0 Å². The van der Waals surface area contributed by atoms with E-state index in [2.05, 4.69) is 35.2 Å². The van der Waals surface area contributed by atoms with Gasteiger partial charge in [0.05, 0.1) is 5.69 Å². The smallest absolute Gasteiger partial charge is 0.181 e. The van der Waals surface area contributed by atoms with Crippen molar-refractivity contribution in [2.24, 2.45) is 0 Å². The average Bonchev–Trinajstić information content (AvgIpc) is 3.30. The van der Waals surface area contributed by atoms with Crippen LogP contribution in [0.4, 0.5) is 0 Å². The normalized spacial score (nSPS) is 10.9. The van der Waals surface area contributed by atoms with Crippen LogP contribution in [0.25, 0.3) is 17.1 Å². The van der Waals surface area contributed by atoms with Gasteiger partial charge < -0.3 is 0 Å². The predicted molar refractivity (Wildman–Crippen MR) is 95.3 cm³/mol. The van der Waals surface area contributed by atoms with Crippen molar-refractivity contribution in [1.82, 2.24) is 29.5 Å². The molecule has 0 spiro atoms. The zero-order chi connectivity index (χ0) is 17.1. The molecule has 0 saturated heterocycles. The number of aromatic nitrogens is 6. The number of rotatable bonds is 5. The molecule has 0 radical (unpaired) electrons. The lowest BCUT2D eigenvalue weighted by Crippen LogP contribution is -2.08. The zero-order valence-electron chi connectivity index (χ0n) is 13.9. The van der Waals surface area contributed by atoms with Crippen LogP contribution in [-0.2, 0) is 13.0 Å². The van der Waals surface area contributed by atoms with E-state index in [1.54, 1.807) is 17.3 Å². The molecule has 0 aliphatic carbocycles. The predicted octanol–water partition coefficient (Wildman–Crippen LogP) is 3.08. The van der Waals surface area contributed by atoms with Gasteiger partial charge in [-0.1, -0.05) is 42.5 Å². The summed E-state index contributed by atoms with van der Waals surface area (Å²) in [5.74, 6) is 1.63. The highest BCUT2D eigenvalue weighted by molar-refractivity contribution is 5.54. The second kappa shape index (κ2) is 6.68. The monoisotopic (exact) mass is 330 g/mol. The molecule has 2 aromatic carbocycles. The zero-order valence-corrected chi connectivity index (χ0v) is 13.9. The lowest BCUT2D eigenvalue weighted by Gasteiger charge is -2.06. The quantitative estimate of drug-likeness (QED) is 0.564. The highest BCUT2D eigenvalue weighted by Crippen LogP contribution is 2.19. The molecule has 0 aliphatic rings. The largest absolute Gasteiger partial charge is 0.253 e. The molecular formula is C19H18N6. The van der Waals surface area contributed by atoms with E-state index in [9.17, 15) is 0 Å². The van der Waals surface area contributed by atoms with Crippen LogP contribution >= 0.6 is 0 Å². The van der Waals surface area contributed by atoms with E-state index in [1.807, 2.05) is 41.1 Å². The maximum absolute atomic E-state index is 4.78. The molecule has 0 N–H and O–H groups in total. The summed E-state index contributed by atoms with van der Waals surface area (Å²) in [7, 11) is 0. The first-order valence-electron chi connectivity index (χ1n) is 8.20. The number of hydrogen-bond donors (Lipinski definition) is 0. The van der Waals surface area contributed by atoms with Crippen molar-refractivity contribution >= 4 is 0 Å². The van der Waals surface area contributed by atoms with Gasteiger partial charge in [0.25, 0.3) is 0 Å². The molecule has 2 heterocycles. The summed E-state index contributed by atoms with van der Waals surface area (Å²) in [4.78, 5) is 8.76. The summed E-state index contributed by atoms with van der Waals surface area (Å²) in [6.07, 6.45) is 3.98. The number of aryl methyl sites for hydroxylation is 3. The SMILES string of the molecule is Cc1cccc(-n2nc(-c3ccccc3)nc2CCn2cncn2)c1. The van der Waals surface area contributed by atoms with Crippen molar-refractivity contribution < 1.29 is 0 Å². The first-order chi connectivity index (χ1) is 12.3. The second-order valence-corrected chi connectivity index (χ2v) is 5.88. The fourth-order valence-electron chi connectivity index (χ4n) is 2.74. The van der Waals surface area contributed by atoms with Crippen LogP contribution in [-0.4, -0.2) is 29.5 Å². The van der Waals surface area contributed by atoms with Crippen molar-refractivity contribution in [2.45, 2.75) is 19.9 Å². The molecule has 6 heteroatoms. The molecular weight excluding hydrogens is 312 g/mol. The Morgan fingerprint density at radius 2 is 1.88 bits per heavy atom. The minimum absolute atomic E-state index is 0.707. The molecule has 0 unspecified atom stereocenters. The average molecular weight is 330 g/mol. The van der Waals surface area contributed by atoms with Gasteiger partial charge in [-0.25, -0.2) is 14.6 Å². The van der Waals surface area contributed by atoms with Crippen LogP contribution < -0.4 is 0 Å². The maximum atomic E-state index is 4.78. The van der Waals surface area contributed by atoms with Crippen LogP contribution in [0.3, 0.4) is 0 Å². The molecule has 4 aromatic rings. The molecule has 0 saturated carbocycles. The fourth-order valence-corrected chi connectivity index (χ4v) is 2.74. The molecule has 0 amide bonds. The van der Waals surface area contributed by atoms with E-state index in [1.165, 1.54) is 5.56 Å². The van der Waals surface area contributed by atoms with Gasteiger partial charge in [-0.3, -0.25) is 4.68 Å². The summed E-state index contributed by atoms with van der Waals surface area (Å²) >= 11 is 0. The third kappa shape index (κ3) is 3.33. The van der Waals surface area contributed by atoms with Crippen molar-refractivity contribution in [3.63, 3.8) is 0 Å². The topological polar surface area (TPSA) is 61.4 Å². The summed E-state index contributed by atoms with van der Waals surface area (Å²) in [5.41, 5.74) is 3.22. The van der Waals surface area contributed by atoms with Crippen LogP contribution in [0.15, 0.2) is 67.3 Å². The van der Waals surface area contributed by atoms with Crippen LogP contribution in [0.5, 0.6) is 0 Å². The Labute approximate surface area is 145 Å². The van der Waals surface area contributed by atoms with Gasteiger partial charge in [-0.2, -0.15) is 5.10 Å². The van der Waals surface area contributed by atoms with Crippen molar-refractivity contribution in [1.29, 1.82) is 0 Å². The number of benzene rings is 2. The van der Waals surface area contributed by atoms with Gasteiger partial charge in [-0.05, 0) is 24.6 Å². The molecule has 4 rings (SSSR count). The van der Waals surface area contributed by atoms with Gasteiger partial charge in [0.1, 0.15) is 18.5 Å². The summed E-state index contributed by atoms with van der Waals surface area (Å²) in [6, 6.07) is 18.3. The van der Waals surface area contributed by atoms with Crippen LogP contribution in [0.2, 0.25) is 0 Å². The Balaban J connectivity index is 1.73. The van der Waals surface area contributed by atoms with E-state index in [0.29, 0.717) is 6.54 Å². The summed E-state index contributed by atoms with van der Waals surface area (Å²) < 4.78 is 3.73. The van der Waals surface area contributed by atoms with Crippen LogP contribution in [0, 0.1) is 6.92 Å². The van der Waals surface area contributed by atoms with Crippen LogP contribution in [0.1, 0.15) is 11.4 Å². The molecule has 124 valence electrons. The minimum atomic E-state index is 0.707. The van der Waals surface area contributed by atoms with Gasteiger partial charge in [0, 0.05) is 18.5 Å². The Morgan fingerprint density at radius 3 is 2.64 bits per heavy atom. The Morgan fingerprint density at radius 1 is 1.00 bits per heavy atom. The van der Waals surface area contributed by atoms with Gasteiger partial charge in [0.2, 0.25) is 0 Å². The first kappa shape index (κ1) is 15.3. The van der Waals surface area contributed by atoms with Gasteiger partial charge in [-0.15, -0.1) is 5.10 Å². The Bertz CT molecular complexity index is 957. The maximum Gasteiger partial charge on any atom is 0.181 e. The fraction of sp³-hybridized carbons (Fsp3) is 0.158. The highest BCUT2D eigenvalue weighted by atomic mass is 15.4. The lowest BCUT2D eigenvalue weighted by molar-refractivity contribution is 0.589. The first-order valence-corrected chi connectivity index (χ1v) is 8.20. The standard InChI is InChI=1S/C19H18N6/c1-15-6-5-9-17(12-15)25-18(10-11-24-14-20-13-21-24)22-19(23-25)16-7-3-2-4-8-16/h2-9,12-14H,10-11H2,1H3. The van der Waals surface area contributed by atoms with Crippen molar-refractivity contribution in [3.05, 3.63) is 78.6 Å². The third-order valence-electron chi connectivity index (χ3n) is 3.98. The molecule has 0 aliphatic heterocycles. The second-order valence-electron chi connectivity index (χ2n) is 5.88. The van der Waals surface area contributed by atoms with Gasteiger partial charge in [0.15, 0.2) is 5.82 Å². The molecule has 2 aromatic heterocycles. The summed E-state index contributed by atoms with van der Waals surface area (Å²) in [5, 5.41) is 8.91. The molecule has 0 atom stereocenters. The molecule has 6 nitrogen and oxygen atoms in total. The van der Waals surface area contributed by atoms with E-state index < -0.39 is 0 Å². The Hall–Kier alpha value is -3.28. The molecule has 25 heavy (non-hydrogen) atoms. The van der Waals surface area contributed by atoms with E-state index in [4.69, 9.17) is 10.1 Å². The Kier molecular flexibility index (Phi) is 4.08. The van der Waals surface area contributed by atoms with Crippen molar-refractivity contribution in [2.75, 3.05) is 0 Å². The number of nitrogens with zero attached hydrogens (tertiary/aromatic N) is 6.